The topological polar surface area (TPSA) is 80.6 Å². The summed E-state index contributed by atoms with van der Waals surface area (Å²) in [4.78, 5) is 2.51. The second-order valence-corrected chi connectivity index (χ2v) is 19.5. The Morgan fingerprint density at radius 3 is 2.36 bits per heavy atom. The van der Waals surface area contributed by atoms with E-state index >= 15 is 0 Å². The van der Waals surface area contributed by atoms with E-state index in [1.54, 1.807) is 0 Å². The molecule has 0 radical (unpaired) electrons. The molecule has 3 heterocycles. The number of fused-ring (bicyclic) bond motifs is 4. The Morgan fingerprint density at radius 1 is 0.956 bits per heavy atom. The number of aliphatic hydroxyl groups excluding tert-OH is 2. The first-order chi connectivity index (χ1) is 21.1. The molecule has 7 nitrogen and oxygen atoms in total. The second-order valence-electron chi connectivity index (χ2n) is 19.5. The lowest BCUT2D eigenvalue weighted by molar-refractivity contribution is -0.256. The Labute approximate surface area is 272 Å². The molecule has 256 valence electrons. The highest BCUT2D eigenvalue weighted by Crippen LogP contribution is 2.89. The molecular formula is C38H63NO6. The van der Waals surface area contributed by atoms with Crippen LogP contribution in [0.25, 0.3) is 0 Å². The second kappa shape index (κ2) is 10.1. The fraction of sp³-hybridized carbons (Fsp3) is 1.00. The van der Waals surface area contributed by atoms with E-state index in [1.807, 2.05) is 0 Å². The van der Waals surface area contributed by atoms with E-state index in [0.29, 0.717) is 40.5 Å². The third-order valence-electron chi connectivity index (χ3n) is 16.5. The molecule has 8 aliphatic rings. The number of aliphatic hydroxyl groups is 2. The van der Waals surface area contributed by atoms with Gasteiger partial charge in [0.1, 0.15) is 0 Å². The van der Waals surface area contributed by atoms with Gasteiger partial charge in [0.15, 0.2) is 6.29 Å². The van der Waals surface area contributed by atoms with Crippen molar-refractivity contribution in [3.05, 3.63) is 0 Å². The predicted molar refractivity (Wildman–Crippen MR) is 172 cm³/mol. The fourth-order valence-electron chi connectivity index (χ4n) is 14.0. The average Bonchev–Trinajstić information content (AvgIpc) is 3.57. The summed E-state index contributed by atoms with van der Waals surface area (Å²) in [7, 11) is 0. The lowest BCUT2D eigenvalue weighted by Crippen LogP contribution is -2.60. The zero-order chi connectivity index (χ0) is 31.9. The van der Waals surface area contributed by atoms with E-state index in [-0.39, 0.29) is 46.3 Å². The van der Waals surface area contributed by atoms with Crippen molar-refractivity contribution in [2.24, 2.45) is 56.2 Å². The van der Waals surface area contributed by atoms with Crippen LogP contribution in [0.1, 0.15) is 107 Å². The van der Waals surface area contributed by atoms with E-state index in [0.717, 1.165) is 45.8 Å². The molecule has 5 saturated carbocycles. The molecule has 3 saturated heterocycles. The molecule has 2 N–H and O–H groups in total. The molecule has 8 rings (SSSR count). The van der Waals surface area contributed by atoms with E-state index in [1.165, 1.54) is 38.5 Å². The minimum atomic E-state index is -0.529. The molecule has 45 heavy (non-hydrogen) atoms. The zero-order valence-corrected chi connectivity index (χ0v) is 29.5. The number of ether oxygens (including phenoxy) is 4. The van der Waals surface area contributed by atoms with Gasteiger partial charge in [-0.3, -0.25) is 4.90 Å². The third-order valence-corrected chi connectivity index (χ3v) is 16.5. The van der Waals surface area contributed by atoms with Gasteiger partial charge in [0.2, 0.25) is 0 Å². The van der Waals surface area contributed by atoms with Crippen molar-refractivity contribution in [2.75, 3.05) is 32.9 Å². The Hall–Kier alpha value is -0.280. The summed E-state index contributed by atoms with van der Waals surface area (Å²) in [6.07, 6.45) is 8.14. The van der Waals surface area contributed by atoms with Crippen LogP contribution in [-0.4, -0.2) is 90.9 Å². The van der Waals surface area contributed by atoms with Crippen molar-refractivity contribution >= 4 is 0 Å². The van der Waals surface area contributed by atoms with Crippen LogP contribution >= 0.6 is 0 Å². The van der Waals surface area contributed by atoms with Gasteiger partial charge in [0.25, 0.3) is 0 Å². The Kier molecular flexibility index (Phi) is 7.20. The lowest BCUT2D eigenvalue weighted by atomic mass is 9.41. The quantitative estimate of drug-likeness (QED) is 0.416. The molecule has 0 amide bonds. The van der Waals surface area contributed by atoms with E-state index in [2.05, 4.69) is 60.3 Å². The molecule has 0 aromatic rings. The molecular weight excluding hydrogens is 566 g/mol. The zero-order valence-electron chi connectivity index (χ0n) is 29.5. The minimum absolute atomic E-state index is 0.0478. The fourth-order valence-corrected chi connectivity index (χ4v) is 14.0. The molecule has 5 aliphatic carbocycles. The van der Waals surface area contributed by atoms with Crippen LogP contribution < -0.4 is 0 Å². The summed E-state index contributed by atoms with van der Waals surface area (Å²) < 4.78 is 25.4. The SMILES string of the molecule is C[C@@H]1CC(C(O)C(C)(C)C)OC2[C@H]1[C@@]1(C)CCC34C[C@@]35CC[C@H](O[C@H]3CN(C6COC6)CCO3)C(C)(C)[C@@H]5CCC4[C@]1(C)[C@H]2O. The van der Waals surface area contributed by atoms with E-state index in [9.17, 15) is 10.2 Å². The van der Waals surface area contributed by atoms with Gasteiger partial charge in [-0.05, 0) is 102 Å². The van der Waals surface area contributed by atoms with Crippen LogP contribution in [0.3, 0.4) is 0 Å². The standard InChI is InChI=1S/C38H63NO6/c1-22-17-24(31(40)33(2,3)4)44-30-29(22)35(7)13-14-38-21-37(38)12-11-27(45-28-18-39(15-16-43-28)23-19-42-20-23)34(5,6)25(37)9-10-26(38)36(35,8)32(30)41/h22-32,40-41H,9-21H2,1-8H3/t22-,24?,25+,26?,27+,28+,29+,30?,31?,32+,35-,36-,37-,38?/m1/s1. The van der Waals surface area contributed by atoms with Crippen LogP contribution in [0, 0.1) is 56.2 Å². The van der Waals surface area contributed by atoms with E-state index in [4.69, 9.17) is 18.9 Å². The van der Waals surface area contributed by atoms with Crippen LogP contribution in [0.2, 0.25) is 0 Å². The van der Waals surface area contributed by atoms with Gasteiger partial charge in [-0.15, -0.1) is 0 Å². The minimum Gasteiger partial charge on any atom is -0.390 e. The smallest absolute Gasteiger partial charge is 0.170 e. The number of morpholine rings is 1. The molecule has 14 atom stereocenters. The highest BCUT2D eigenvalue weighted by Gasteiger charge is 2.84. The Balaban J connectivity index is 1.03. The molecule has 2 spiro atoms. The first-order valence-corrected chi connectivity index (χ1v) is 18.7. The Morgan fingerprint density at radius 2 is 1.67 bits per heavy atom. The van der Waals surface area contributed by atoms with Crippen LogP contribution in [0.4, 0.5) is 0 Å². The average molecular weight is 630 g/mol. The number of hydrogen-bond donors (Lipinski definition) is 2. The summed E-state index contributed by atoms with van der Waals surface area (Å²) in [6, 6.07) is 0.528. The first-order valence-electron chi connectivity index (χ1n) is 18.7. The summed E-state index contributed by atoms with van der Waals surface area (Å²) in [5.41, 5.74) is 0.427. The van der Waals surface area contributed by atoms with Gasteiger partial charge < -0.3 is 29.2 Å². The van der Waals surface area contributed by atoms with Gasteiger partial charge in [-0.1, -0.05) is 55.4 Å². The van der Waals surface area contributed by atoms with E-state index < -0.39 is 12.2 Å². The highest BCUT2D eigenvalue weighted by atomic mass is 16.7. The number of rotatable bonds is 4. The summed E-state index contributed by atoms with van der Waals surface area (Å²) in [5, 5.41) is 23.8. The summed E-state index contributed by atoms with van der Waals surface area (Å²) in [6.45, 7) is 22.9. The monoisotopic (exact) mass is 629 g/mol. The molecule has 7 heteroatoms. The van der Waals surface area contributed by atoms with Crippen LogP contribution in [0.15, 0.2) is 0 Å². The Bertz CT molecular complexity index is 1170. The molecule has 0 bridgehead atoms. The number of hydrogen-bond acceptors (Lipinski definition) is 7. The van der Waals surface area contributed by atoms with Crippen molar-refractivity contribution in [2.45, 2.75) is 150 Å². The number of nitrogens with zero attached hydrogens (tertiary/aromatic N) is 1. The maximum Gasteiger partial charge on any atom is 0.170 e. The van der Waals surface area contributed by atoms with Crippen molar-refractivity contribution in [3.63, 3.8) is 0 Å². The van der Waals surface area contributed by atoms with Gasteiger partial charge in [-0.2, -0.15) is 0 Å². The molecule has 8 fully saturated rings. The van der Waals surface area contributed by atoms with Crippen molar-refractivity contribution in [1.29, 1.82) is 0 Å². The molecule has 5 unspecified atom stereocenters. The van der Waals surface area contributed by atoms with Crippen LogP contribution in [-0.2, 0) is 18.9 Å². The largest absolute Gasteiger partial charge is 0.390 e. The molecule has 3 aliphatic heterocycles. The van der Waals surface area contributed by atoms with Crippen LogP contribution in [0.5, 0.6) is 0 Å². The third kappa shape index (κ3) is 4.13. The maximum absolute atomic E-state index is 12.5. The van der Waals surface area contributed by atoms with Gasteiger partial charge in [0.05, 0.1) is 62.9 Å². The predicted octanol–water partition coefficient (Wildman–Crippen LogP) is 5.65. The van der Waals surface area contributed by atoms with Gasteiger partial charge >= 0.3 is 0 Å². The first kappa shape index (κ1) is 32.0. The maximum atomic E-state index is 12.5. The molecule has 0 aromatic carbocycles. The van der Waals surface area contributed by atoms with Crippen molar-refractivity contribution in [3.8, 4) is 0 Å². The van der Waals surface area contributed by atoms with Gasteiger partial charge in [-0.25, -0.2) is 0 Å². The highest BCUT2D eigenvalue weighted by molar-refractivity contribution is 5.33. The summed E-state index contributed by atoms with van der Waals surface area (Å²) in [5.74, 6) is 1.94. The normalized spacial score (nSPS) is 54.9. The van der Waals surface area contributed by atoms with Crippen molar-refractivity contribution < 1.29 is 29.2 Å². The van der Waals surface area contributed by atoms with Gasteiger partial charge in [0, 0.05) is 12.0 Å². The van der Waals surface area contributed by atoms with Crippen molar-refractivity contribution in [1.82, 2.24) is 4.90 Å². The summed E-state index contributed by atoms with van der Waals surface area (Å²) >= 11 is 0. The molecule has 0 aromatic heterocycles. The lowest BCUT2D eigenvalue weighted by Gasteiger charge is -2.64.